The summed E-state index contributed by atoms with van der Waals surface area (Å²) in [5.74, 6) is 0.905. The highest BCUT2D eigenvalue weighted by molar-refractivity contribution is 5.11. The Morgan fingerprint density at radius 3 is 2.81 bits per heavy atom. The topological polar surface area (TPSA) is 42.2 Å². The van der Waals surface area contributed by atoms with E-state index in [1.165, 1.54) is 38.6 Å². The third-order valence-corrected chi connectivity index (χ3v) is 4.84. The molecule has 2 N–H and O–H groups in total. The molecular weight excluding hydrogens is 258 g/mol. The maximum Gasteiger partial charge on any atom is 0.0673 e. The summed E-state index contributed by atoms with van der Waals surface area (Å²) >= 11 is 0. The second-order valence-corrected chi connectivity index (χ2v) is 6.39. The van der Waals surface area contributed by atoms with Crippen LogP contribution < -0.4 is 5.73 Å². The van der Waals surface area contributed by atoms with Crippen LogP contribution in [0.4, 0.5) is 0 Å². The third kappa shape index (κ3) is 4.52. The summed E-state index contributed by atoms with van der Waals surface area (Å²) in [6.07, 6.45) is 9.56. The zero-order valence-electron chi connectivity index (χ0n) is 13.7. The molecule has 1 aromatic heterocycles. The molecule has 1 fully saturated rings. The van der Waals surface area contributed by atoms with Gasteiger partial charge in [-0.05, 0) is 56.8 Å². The molecule has 3 heteroatoms. The summed E-state index contributed by atoms with van der Waals surface area (Å²) in [5.41, 5.74) is 7.58. The van der Waals surface area contributed by atoms with E-state index in [1.807, 2.05) is 12.3 Å². The molecule has 1 aromatic rings. The van der Waals surface area contributed by atoms with Gasteiger partial charge in [0.2, 0.25) is 0 Å². The van der Waals surface area contributed by atoms with Crippen LogP contribution in [0.1, 0.15) is 64.1 Å². The van der Waals surface area contributed by atoms with Gasteiger partial charge in [0.1, 0.15) is 0 Å². The van der Waals surface area contributed by atoms with Gasteiger partial charge in [-0.1, -0.05) is 32.8 Å². The molecular formula is C18H31N3. The van der Waals surface area contributed by atoms with Crippen molar-refractivity contribution in [3.05, 3.63) is 30.1 Å². The molecule has 0 saturated carbocycles. The van der Waals surface area contributed by atoms with Gasteiger partial charge < -0.3 is 5.73 Å². The van der Waals surface area contributed by atoms with Crippen LogP contribution in [-0.2, 0) is 0 Å². The van der Waals surface area contributed by atoms with Gasteiger partial charge in [-0.3, -0.25) is 9.88 Å². The Bertz CT molecular complexity index is 393. The normalized spacial score (nSPS) is 23.5. The van der Waals surface area contributed by atoms with E-state index in [0.717, 1.165) is 24.6 Å². The van der Waals surface area contributed by atoms with Crippen molar-refractivity contribution < 1.29 is 0 Å². The van der Waals surface area contributed by atoms with E-state index in [-0.39, 0.29) is 12.1 Å². The molecule has 2 heterocycles. The molecule has 2 rings (SSSR count). The van der Waals surface area contributed by atoms with Crippen LogP contribution in [0.3, 0.4) is 0 Å². The fourth-order valence-electron chi connectivity index (χ4n) is 3.61. The maximum absolute atomic E-state index is 6.44. The number of pyridine rings is 1. The Kier molecular flexibility index (Phi) is 6.65. The second-order valence-electron chi connectivity index (χ2n) is 6.39. The van der Waals surface area contributed by atoms with Gasteiger partial charge in [-0.2, -0.15) is 0 Å². The first-order chi connectivity index (χ1) is 10.3. The zero-order chi connectivity index (χ0) is 15.1. The zero-order valence-corrected chi connectivity index (χ0v) is 13.7. The lowest BCUT2D eigenvalue weighted by molar-refractivity contribution is 0.169. The first kappa shape index (κ1) is 16.4. The van der Waals surface area contributed by atoms with Gasteiger partial charge in [-0.25, -0.2) is 0 Å². The highest BCUT2D eigenvalue weighted by Crippen LogP contribution is 2.29. The monoisotopic (exact) mass is 289 g/mol. The average Bonchev–Trinajstić information content (AvgIpc) is 2.75. The van der Waals surface area contributed by atoms with Crippen molar-refractivity contribution in [1.29, 1.82) is 0 Å². The smallest absolute Gasteiger partial charge is 0.0673 e. The number of likely N-dealkylation sites (tertiary alicyclic amines) is 1. The number of aromatic nitrogens is 1. The van der Waals surface area contributed by atoms with Crippen LogP contribution in [-0.4, -0.2) is 29.0 Å². The quantitative estimate of drug-likeness (QED) is 0.867. The van der Waals surface area contributed by atoms with Gasteiger partial charge >= 0.3 is 0 Å². The number of nitrogens with zero attached hydrogens (tertiary/aromatic N) is 2. The van der Waals surface area contributed by atoms with Crippen LogP contribution in [0.25, 0.3) is 0 Å². The lowest BCUT2D eigenvalue weighted by Crippen LogP contribution is -2.41. The average molecular weight is 289 g/mol. The Labute approximate surface area is 129 Å². The SMILES string of the molecule is CCCC1CCCN(C(c2ccccn2)C(N)CC)CC1. The van der Waals surface area contributed by atoms with Crippen LogP contribution in [0.15, 0.2) is 24.4 Å². The standard InChI is InChI=1S/C18H31N3/c1-3-8-15-9-7-13-21(14-11-15)18(16(19)4-2)17-10-5-6-12-20-17/h5-6,10,12,15-16,18H,3-4,7-9,11,13-14,19H2,1-2H3. The van der Waals surface area contributed by atoms with E-state index in [4.69, 9.17) is 5.73 Å². The number of rotatable bonds is 6. The van der Waals surface area contributed by atoms with E-state index >= 15 is 0 Å². The summed E-state index contributed by atoms with van der Waals surface area (Å²) in [5, 5.41) is 0. The summed E-state index contributed by atoms with van der Waals surface area (Å²) < 4.78 is 0. The molecule has 3 nitrogen and oxygen atoms in total. The van der Waals surface area contributed by atoms with Crippen molar-refractivity contribution >= 4 is 0 Å². The molecule has 21 heavy (non-hydrogen) atoms. The molecule has 3 atom stereocenters. The fourth-order valence-corrected chi connectivity index (χ4v) is 3.61. The van der Waals surface area contributed by atoms with Gasteiger partial charge in [0.05, 0.1) is 11.7 Å². The third-order valence-electron chi connectivity index (χ3n) is 4.84. The molecule has 3 unspecified atom stereocenters. The van der Waals surface area contributed by atoms with E-state index in [9.17, 15) is 0 Å². The molecule has 0 bridgehead atoms. The second kappa shape index (κ2) is 8.50. The highest BCUT2D eigenvalue weighted by Gasteiger charge is 2.28. The number of hydrogen-bond donors (Lipinski definition) is 1. The van der Waals surface area contributed by atoms with Gasteiger partial charge in [0.15, 0.2) is 0 Å². The first-order valence-electron chi connectivity index (χ1n) is 8.66. The van der Waals surface area contributed by atoms with Crippen molar-refractivity contribution in [3.8, 4) is 0 Å². The highest BCUT2D eigenvalue weighted by atomic mass is 15.2. The van der Waals surface area contributed by atoms with Crippen molar-refractivity contribution in [2.45, 2.75) is 64.5 Å². The van der Waals surface area contributed by atoms with Crippen molar-refractivity contribution in [2.75, 3.05) is 13.1 Å². The predicted molar refractivity (Wildman–Crippen MR) is 89.1 cm³/mol. The summed E-state index contributed by atoms with van der Waals surface area (Å²) in [4.78, 5) is 7.18. The molecule has 0 aliphatic carbocycles. The fraction of sp³-hybridized carbons (Fsp3) is 0.722. The molecule has 0 radical (unpaired) electrons. The van der Waals surface area contributed by atoms with Gasteiger partial charge in [0, 0.05) is 12.2 Å². The van der Waals surface area contributed by atoms with E-state index in [0.29, 0.717) is 0 Å². The van der Waals surface area contributed by atoms with Crippen LogP contribution in [0, 0.1) is 5.92 Å². The van der Waals surface area contributed by atoms with Crippen molar-refractivity contribution in [3.63, 3.8) is 0 Å². The molecule has 1 aliphatic heterocycles. The van der Waals surface area contributed by atoms with Gasteiger partial charge in [-0.15, -0.1) is 0 Å². The Morgan fingerprint density at radius 2 is 2.14 bits per heavy atom. The molecule has 1 aliphatic rings. The van der Waals surface area contributed by atoms with E-state index in [2.05, 4.69) is 35.9 Å². The van der Waals surface area contributed by atoms with E-state index < -0.39 is 0 Å². The van der Waals surface area contributed by atoms with Crippen LogP contribution >= 0.6 is 0 Å². The lowest BCUT2D eigenvalue weighted by Gasteiger charge is -2.34. The van der Waals surface area contributed by atoms with Gasteiger partial charge in [0.25, 0.3) is 0 Å². The van der Waals surface area contributed by atoms with E-state index in [1.54, 1.807) is 0 Å². The molecule has 0 spiro atoms. The Balaban J connectivity index is 2.10. The van der Waals surface area contributed by atoms with Crippen LogP contribution in [0.5, 0.6) is 0 Å². The molecule has 1 saturated heterocycles. The number of hydrogen-bond acceptors (Lipinski definition) is 3. The maximum atomic E-state index is 6.44. The minimum Gasteiger partial charge on any atom is -0.326 e. The Morgan fingerprint density at radius 1 is 1.29 bits per heavy atom. The molecule has 0 amide bonds. The predicted octanol–water partition coefficient (Wildman–Crippen LogP) is 3.76. The van der Waals surface area contributed by atoms with Crippen molar-refractivity contribution in [1.82, 2.24) is 9.88 Å². The first-order valence-corrected chi connectivity index (χ1v) is 8.66. The summed E-state index contributed by atoms with van der Waals surface area (Å²) in [6.45, 7) is 6.80. The number of nitrogens with two attached hydrogens (primary N) is 1. The van der Waals surface area contributed by atoms with Crippen molar-refractivity contribution in [2.24, 2.45) is 11.7 Å². The lowest BCUT2D eigenvalue weighted by atomic mass is 9.96. The minimum absolute atomic E-state index is 0.169. The minimum atomic E-state index is 0.169. The molecule has 0 aromatic carbocycles. The Hall–Kier alpha value is -0.930. The molecule has 118 valence electrons. The summed E-state index contributed by atoms with van der Waals surface area (Å²) in [7, 11) is 0. The summed E-state index contributed by atoms with van der Waals surface area (Å²) in [6, 6.07) is 6.64. The largest absolute Gasteiger partial charge is 0.326 e. The van der Waals surface area contributed by atoms with Crippen LogP contribution in [0.2, 0.25) is 0 Å².